The van der Waals surface area contributed by atoms with E-state index in [1.165, 1.54) is 38.5 Å². The molecule has 2 aromatic heterocycles. The Morgan fingerprint density at radius 2 is 1.16 bits per heavy atom. The fraction of sp³-hybridized carbons (Fsp3) is 0.286. The highest BCUT2D eigenvalue weighted by atomic mass is 16.3. The summed E-state index contributed by atoms with van der Waals surface area (Å²) >= 11 is 0. The summed E-state index contributed by atoms with van der Waals surface area (Å²) in [6, 6.07) is 33.3. The molecule has 0 radical (unpaired) electrons. The van der Waals surface area contributed by atoms with Crippen LogP contribution >= 0.6 is 0 Å². The van der Waals surface area contributed by atoms with Crippen molar-refractivity contribution >= 4 is 49.4 Å². The Balaban J connectivity index is 1.68. The highest BCUT2D eigenvalue weighted by molar-refractivity contribution is 6.18. The van der Waals surface area contributed by atoms with Gasteiger partial charge in [0.25, 0.3) is 0 Å². The first-order chi connectivity index (χ1) is 21.1. The third-order valence-corrected chi connectivity index (χ3v) is 9.38. The third-order valence-electron chi connectivity index (χ3n) is 9.38. The predicted molar refractivity (Wildman–Crippen MR) is 194 cm³/mol. The fourth-order valence-corrected chi connectivity index (χ4v) is 6.68. The molecule has 2 N–H and O–H groups in total. The number of hydrogen-bond acceptors (Lipinski definition) is 2. The van der Waals surface area contributed by atoms with Gasteiger partial charge in [-0.25, -0.2) is 0 Å². The molecule has 3 heteroatoms. The van der Waals surface area contributed by atoms with Gasteiger partial charge in [-0.15, -0.1) is 0 Å². The van der Waals surface area contributed by atoms with Gasteiger partial charge in [-0.3, -0.25) is 0 Å². The van der Waals surface area contributed by atoms with E-state index in [9.17, 15) is 0 Å². The lowest BCUT2D eigenvalue weighted by molar-refractivity contribution is 0.590. The van der Waals surface area contributed by atoms with Crippen molar-refractivity contribution in [2.75, 3.05) is 5.73 Å². The van der Waals surface area contributed by atoms with E-state index in [0.717, 1.165) is 44.4 Å². The summed E-state index contributed by atoms with van der Waals surface area (Å²) in [5.74, 6) is 0. The number of aromatic nitrogens is 1. The molecule has 5 aromatic carbocycles. The summed E-state index contributed by atoms with van der Waals surface area (Å²) in [6.07, 6.45) is 0. The van der Waals surface area contributed by atoms with Crippen molar-refractivity contribution in [2.24, 2.45) is 0 Å². The molecule has 0 aliphatic rings. The van der Waals surface area contributed by atoms with Gasteiger partial charge < -0.3 is 14.7 Å². The maximum Gasteiger partial charge on any atom is 0.143 e. The molecule has 0 aliphatic carbocycles. The van der Waals surface area contributed by atoms with Crippen LogP contribution in [0.1, 0.15) is 79.0 Å². The first-order valence-electron chi connectivity index (χ1n) is 16.1. The number of nitrogens with two attached hydrogens (primary N) is 1. The van der Waals surface area contributed by atoms with Crippen LogP contribution in [0.3, 0.4) is 0 Å². The highest BCUT2D eigenvalue weighted by Crippen LogP contribution is 2.46. The normalized spacial score (nSPS) is 13.1. The van der Waals surface area contributed by atoms with Crippen molar-refractivity contribution in [3.8, 4) is 16.8 Å². The second-order valence-electron chi connectivity index (χ2n) is 15.8. The molecule has 3 nitrogen and oxygen atoms in total. The van der Waals surface area contributed by atoms with E-state index >= 15 is 0 Å². The lowest BCUT2D eigenvalue weighted by Gasteiger charge is -2.22. The predicted octanol–water partition coefficient (Wildman–Crippen LogP) is 11.8. The van der Waals surface area contributed by atoms with Crippen LogP contribution < -0.4 is 5.73 Å². The van der Waals surface area contributed by atoms with Crippen LogP contribution in [0.4, 0.5) is 5.69 Å². The Morgan fingerprint density at radius 1 is 0.533 bits per heavy atom. The van der Waals surface area contributed by atoms with E-state index in [0.29, 0.717) is 0 Å². The molecule has 0 bridgehead atoms. The molecule has 45 heavy (non-hydrogen) atoms. The zero-order chi connectivity index (χ0) is 32.1. The molecular weight excluding hydrogens is 548 g/mol. The van der Waals surface area contributed by atoms with Crippen LogP contribution in [0.15, 0.2) is 95.4 Å². The zero-order valence-corrected chi connectivity index (χ0v) is 28.1. The number of furan rings is 1. The van der Waals surface area contributed by atoms with Gasteiger partial charge in [-0.05, 0) is 87.5 Å². The number of fused-ring (bicyclic) bond motifs is 6. The van der Waals surface area contributed by atoms with Gasteiger partial charge in [0.1, 0.15) is 11.2 Å². The summed E-state index contributed by atoms with van der Waals surface area (Å²) in [5, 5.41) is 4.62. The van der Waals surface area contributed by atoms with Crippen molar-refractivity contribution < 1.29 is 4.42 Å². The summed E-state index contributed by atoms with van der Waals surface area (Å²) < 4.78 is 9.09. The summed E-state index contributed by atoms with van der Waals surface area (Å²) in [5.41, 5.74) is 18.7. The van der Waals surface area contributed by atoms with E-state index < -0.39 is 0 Å². The summed E-state index contributed by atoms with van der Waals surface area (Å²) in [6.45, 7) is 20.5. The molecule has 0 saturated heterocycles. The molecule has 0 unspecified atom stereocenters. The average molecular weight is 593 g/mol. The Kier molecular flexibility index (Phi) is 6.33. The largest absolute Gasteiger partial charge is 0.455 e. The monoisotopic (exact) mass is 592 g/mol. The minimum Gasteiger partial charge on any atom is -0.455 e. The standard InChI is InChI=1S/C42H44N2O/c1-40(2,3)25-14-17-29(18-15-25)44-36-19-16-26(41(4,5)6)20-31(36)32-21-27(42(7,8)9)22-33(38(32)44)35-24-28(43)23-34-30-12-10-11-13-37(30)45-39(34)35/h10-24H,43H2,1-9H3. The van der Waals surface area contributed by atoms with Gasteiger partial charge in [0.15, 0.2) is 0 Å². The molecule has 0 fully saturated rings. The van der Waals surface area contributed by atoms with Gasteiger partial charge in [0.05, 0.1) is 11.0 Å². The van der Waals surface area contributed by atoms with E-state index in [1.807, 2.05) is 18.2 Å². The first-order valence-corrected chi connectivity index (χ1v) is 16.1. The van der Waals surface area contributed by atoms with Crippen LogP contribution in [0.5, 0.6) is 0 Å². The summed E-state index contributed by atoms with van der Waals surface area (Å²) in [7, 11) is 0. The van der Waals surface area contributed by atoms with E-state index in [4.69, 9.17) is 10.2 Å². The SMILES string of the molecule is CC(C)(C)c1ccc(-n2c3ccc(C(C)(C)C)cc3c3cc(C(C)(C)C)cc(-c4cc(N)cc5c4oc4ccccc45)c32)cc1. The van der Waals surface area contributed by atoms with Gasteiger partial charge in [-0.1, -0.05) is 98.7 Å². The smallest absolute Gasteiger partial charge is 0.143 e. The number of para-hydroxylation sites is 1. The van der Waals surface area contributed by atoms with Crippen molar-refractivity contribution in [3.05, 3.63) is 108 Å². The van der Waals surface area contributed by atoms with Crippen molar-refractivity contribution in [1.82, 2.24) is 4.57 Å². The highest BCUT2D eigenvalue weighted by Gasteiger charge is 2.26. The Bertz CT molecular complexity index is 2260. The number of benzene rings is 5. The van der Waals surface area contributed by atoms with E-state index in [1.54, 1.807) is 0 Å². The van der Waals surface area contributed by atoms with Crippen LogP contribution in [0.2, 0.25) is 0 Å². The lowest BCUT2D eigenvalue weighted by atomic mass is 9.83. The molecule has 0 aliphatic heterocycles. The van der Waals surface area contributed by atoms with Gasteiger partial charge in [0.2, 0.25) is 0 Å². The molecule has 0 atom stereocenters. The molecular formula is C42H44N2O. The minimum absolute atomic E-state index is 0.0236. The maximum absolute atomic E-state index is 6.68. The second kappa shape index (κ2) is 9.75. The Labute approximate surface area is 266 Å². The minimum atomic E-state index is -0.0688. The maximum atomic E-state index is 6.68. The Morgan fingerprint density at radius 3 is 1.82 bits per heavy atom. The second-order valence-corrected chi connectivity index (χ2v) is 15.8. The topological polar surface area (TPSA) is 44.1 Å². The molecule has 228 valence electrons. The van der Waals surface area contributed by atoms with Crippen molar-refractivity contribution in [2.45, 2.75) is 78.6 Å². The zero-order valence-electron chi connectivity index (χ0n) is 28.1. The molecule has 2 heterocycles. The number of hydrogen-bond donors (Lipinski definition) is 1. The van der Waals surface area contributed by atoms with Crippen molar-refractivity contribution in [3.63, 3.8) is 0 Å². The van der Waals surface area contributed by atoms with Crippen LogP contribution in [-0.2, 0) is 16.2 Å². The van der Waals surface area contributed by atoms with Gasteiger partial charge in [0, 0.05) is 44.0 Å². The third kappa shape index (κ3) is 4.81. The van der Waals surface area contributed by atoms with E-state index in [2.05, 4.69) is 140 Å². The molecule has 7 aromatic rings. The summed E-state index contributed by atoms with van der Waals surface area (Å²) in [4.78, 5) is 0. The first kappa shape index (κ1) is 29.2. The van der Waals surface area contributed by atoms with Crippen molar-refractivity contribution in [1.29, 1.82) is 0 Å². The number of rotatable bonds is 2. The Hall–Kier alpha value is -4.50. The molecule has 0 amide bonds. The van der Waals surface area contributed by atoms with Crippen LogP contribution in [-0.4, -0.2) is 4.57 Å². The van der Waals surface area contributed by atoms with Gasteiger partial charge >= 0.3 is 0 Å². The van der Waals surface area contributed by atoms with Crippen LogP contribution in [0, 0.1) is 0 Å². The molecule has 7 rings (SSSR count). The lowest BCUT2D eigenvalue weighted by Crippen LogP contribution is -2.11. The van der Waals surface area contributed by atoms with E-state index in [-0.39, 0.29) is 16.2 Å². The quantitative estimate of drug-likeness (QED) is 0.203. The average Bonchev–Trinajstić information content (AvgIpc) is 3.50. The van der Waals surface area contributed by atoms with Gasteiger partial charge in [-0.2, -0.15) is 0 Å². The molecule has 0 saturated carbocycles. The number of nitrogens with zero attached hydrogens (tertiary/aromatic N) is 1. The number of nitrogen functional groups attached to an aromatic ring is 1. The number of anilines is 1. The molecule has 0 spiro atoms. The van der Waals surface area contributed by atoms with Crippen LogP contribution in [0.25, 0.3) is 60.6 Å². The fourth-order valence-electron chi connectivity index (χ4n) is 6.68.